The summed E-state index contributed by atoms with van der Waals surface area (Å²) in [4.78, 5) is 27.2. The second kappa shape index (κ2) is 10.0. The molecular formula is C23H29FN2O2. The fourth-order valence-corrected chi connectivity index (χ4v) is 3.21. The van der Waals surface area contributed by atoms with Crippen LogP contribution >= 0.6 is 0 Å². The highest BCUT2D eigenvalue weighted by atomic mass is 19.1. The second-order valence-corrected chi connectivity index (χ2v) is 7.29. The van der Waals surface area contributed by atoms with E-state index in [1.807, 2.05) is 32.9 Å². The number of hydrogen-bond donors (Lipinski definition) is 1. The smallest absolute Gasteiger partial charge is 0.242 e. The van der Waals surface area contributed by atoms with Gasteiger partial charge in [0.05, 0.1) is 6.42 Å². The molecular weight excluding hydrogens is 355 g/mol. The van der Waals surface area contributed by atoms with E-state index in [0.29, 0.717) is 6.54 Å². The first kappa shape index (κ1) is 21.6. The highest BCUT2D eigenvalue weighted by Crippen LogP contribution is 2.15. The Kier molecular flexibility index (Phi) is 7.73. The number of rotatable bonds is 8. The molecule has 2 aromatic carbocycles. The van der Waals surface area contributed by atoms with Gasteiger partial charge >= 0.3 is 0 Å². The first-order chi connectivity index (χ1) is 13.3. The number of aryl methyl sites for hydroxylation is 2. The Labute approximate surface area is 166 Å². The molecule has 2 rings (SSSR count). The van der Waals surface area contributed by atoms with Gasteiger partial charge < -0.3 is 10.2 Å². The molecule has 0 radical (unpaired) electrons. The quantitative estimate of drug-likeness (QED) is 0.750. The van der Waals surface area contributed by atoms with E-state index in [-0.39, 0.29) is 30.6 Å². The minimum Gasteiger partial charge on any atom is -0.354 e. The molecule has 150 valence electrons. The number of nitrogens with one attached hydrogen (secondary N) is 1. The number of carbonyl (C=O) groups is 2. The van der Waals surface area contributed by atoms with E-state index in [9.17, 15) is 14.0 Å². The summed E-state index contributed by atoms with van der Waals surface area (Å²) < 4.78 is 13.2. The Morgan fingerprint density at radius 2 is 1.64 bits per heavy atom. The van der Waals surface area contributed by atoms with Crippen molar-refractivity contribution in [3.63, 3.8) is 0 Å². The molecule has 0 aliphatic rings. The van der Waals surface area contributed by atoms with Crippen LogP contribution < -0.4 is 5.32 Å². The van der Waals surface area contributed by atoms with Crippen molar-refractivity contribution < 1.29 is 14.0 Å². The van der Waals surface area contributed by atoms with Crippen LogP contribution in [0.2, 0.25) is 0 Å². The molecule has 0 heterocycles. The molecule has 0 spiro atoms. The number of hydrogen-bond acceptors (Lipinski definition) is 2. The van der Waals surface area contributed by atoms with Gasteiger partial charge in [-0.05, 0) is 50.5 Å². The van der Waals surface area contributed by atoms with E-state index in [2.05, 4.69) is 11.4 Å². The predicted molar refractivity (Wildman–Crippen MR) is 109 cm³/mol. The topological polar surface area (TPSA) is 49.4 Å². The lowest BCUT2D eigenvalue weighted by Gasteiger charge is -2.29. The molecule has 4 nitrogen and oxygen atoms in total. The summed E-state index contributed by atoms with van der Waals surface area (Å²) in [7, 11) is 0. The van der Waals surface area contributed by atoms with Crippen LogP contribution in [0.3, 0.4) is 0 Å². The summed E-state index contributed by atoms with van der Waals surface area (Å²) in [6.07, 6.45) is 1.04. The van der Waals surface area contributed by atoms with Crippen LogP contribution in [0.15, 0.2) is 42.5 Å². The summed E-state index contributed by atoms with van der Waals surface area (Å²) in [6, 6.07) is 11.4. The molecule has 1 atom stereocenters. The van der Waals surface area contributed by atoms with Gasteiger partial charge in [0.15, 0.2) is 0 Å². The van der Waals surface area contributed by atoms with Crippen LogP contribution in [0.5, 0.6) is 0 Å². The standard InChI is InChI=1S/C23H29FN2O2/c1-5-10-25-23(28)18(4)26(15-19-6-8-21(24)9-7-19)22(27)14-20-12-16(2)11-17(3)13-20/h6-9,11-13,18H,5,10,14-15H2,1-4H3,(H,25,28). The van der Waals surface area contributed by atoms with Crippen molar-refractivity contribution in [1.29, 1.82) is 0 Å². The van der Waals surface area contributed by atoms with E-state index in [1.165, 1.54) is 12.1 Å². The third kappa shape index (κ3) is 6.19. The minimum absolute atomic E-state index is 0.131. The van der Waals surface area contributed by atoms with Gasteiger partial charge in [-0.3, -0.25) is 9.59 Å². The molecule has 2 amide bonds. The Bertz CT molecular complexity index is 798. The Morgan fingerprint density at radius 1 is 1.04 bits per heavy atom. The molecule has 0 bridgehead atoms. The van der Waals surface area contributed by atoms with Gasteiger partial charge in [0.2, 0.25) is 11.8 Å². The average Bonchev–Trinajstić information content (AvgIpc) is 2.64. The lowest BCUT2D eigenvalue weighted by Crippen LogP contribution is -2.48. The van der Waals surface area contributed by atoms with E-state index in [0.717, 1.165) is 28.7 Å². The maximum atomic E-state index is 13.2. The van der Waals surface area contributed by atoms with Gasteiger partial charge in [-0.1, -0.05) is 48.4 Å². The van der Waals surface area contributed by atoms with Crippen LogP contribution in [0.25, 0.3) is 0 Å². The normalized spacial score (nSPS) is 11.8. The van der Waals surface area contributed by atoms with Crippen molar-refractivity contribution in [2.75, 3.05) is 6.54 Å². The van der Waals surface area contributed by atoms with Crippen LogP contribution in [-0.4, -0.2) is 29.3 Å². The predicted octanol–water partition coefficient (Wildman–Crippen LogP) is 3.93. The van der Waals surface area contributed by atoms with Crippen LogP contribution in [-0.2, 0) is 22.6 Å². The number of nitrogens with zero attached hydrogens (tertiary/aromatic N) is 1. The van der Waals surface area contributed by atoms with Gasteiger partial charge in [0.25, 0.3) is 0 Å². The molecule has 0 fully saturated rings. The van der Waals surface area contributed by atoms with Gasteiger partial charge in [0, 0.05) is 13.1 Å². The minimum atomic E-state index is -0.616. The van der Waals surface area contributed by atoms with Crippen LogP contribution in [0.4, 0.5) is 4.39 Å². The molecule has 0 aliphatic carbocycles. The molecule has 1 N–H and O–H groups in total. The first-order valence-corrected chi connectivity index (χ1v) is 9.69. The van der Waals surface area contributed by atoms with Gasteiger partial charge in [-0.15, -0.1) is 0 Å². The Balaban J connectivity index is 2.23. The van der Waals surface area contributed by atoms with Crippen LogP contribution in [0.1, 0.15) is 42.5 Å². The maximum absolute atomic E-state index is 13.2. The summed E-state index contributed by atoms with van der Waals surface area (Å²) >= 11 is 0. The molecule has 1 unspecified atom stereocenters. The summed E-state index contributed by atoms with van der Waals surface area (Å²) in [5.41, 5.74) is 3.90. The fourth-order valence-electron chi connectivity index (χ4n) is 3.21. The van der Waals surface area contributed by atoms with Crippen molar-refractivity contribution in [2.24, 2.45) is 0 Å². The van der Waals surface area contributed by atoms with Crippen molar-refractivity contribution in [3.05, 3.63) is 70.5 Å². The number of benzene rings is 2. The molecule has 28 heavy (non-hydrogen) atoms. The zero-order valence-electron chi connectivity index (χ0n) is 17.1. The van der Waals surface area contributed by atoms with Crippen LogP contribution in [0, 0.1) is 19.7 Å². The zero-order valence-corrected chi connectivity index (χ0v) is 17.1. The molecule has 0 aliphatic heterocycles. The Morgan fingerprint density at radius 3 is 2.21 bits per heavy atom. The van der Waals surface area contributed by atoms with E-state index >= 15 is 0 Å². The second-order valence-electron chi connectivity index (χ2n) is 7.29. The monoisotopic (exact) mass is 384 g/mol. The molecule has 0 saturated carbocycles. The lowest BCUT2D eigenvalue weighted by molar-refractivity contribution is -0.140. The van der Waals surface area contributed by atoms with Gasteiger partial charge in [-0.2, -0.15) is 0 Å². The highest BCUT2D eigenvalue weighted by Gasteiger charge is 2.26. The largest absolute Gasteiger partial charge is 0.354 e. The highest BCUT2D eigenvalue weighted by molar-refractivity contribution is 5.88. The number of carbonyl (C=O) groups excluding carboxylic acids is 2. The number of amides is 2. The van der Waals surface area contributed by atoms with E-state index in [1.54, 1.807) is 24.0 Å². The molecule has 0 aromatic heterocycles. The van der Waals surface area contributed by atoms with Gasteiger partial charge in [-0.25, -0.2) is 4.39 Å². The zero-order chi connectivity index (χ0) is 20.7. The SMILES string of the molecule is CCCNC(=O)C(C)N(Cc1ccc(F)cc1)C(=O)Cc1cc(C)cc(C)c1. The Hall–Kier alpha value is -2.69. The van der Waals surface area contributed by atoms with Crippen molar-refractivity contribution in [3.8, 4) is 0 Å². The molecule has 2 aromatic rings. The van der Waals surface area contributed by atoms with Crippen molar-refractivity contribution in [1.82, 2.24) is 10.2 Å². The van der Waals surface area contributed by atoms with E-state index < -0.39 is 6.04 Å². The maximum Gasteiger partial charge on any atom is 0.242 e. The number of halogens is 1. The van der Waals surface area contributed by atoms with Gasteiger partial charge in [0.1, 0.15) is 11.9 Å². The lowest BCUT2D eigenvalue weighted by atomic mass is 10.0. The summed E-state index contributed by atoms with van der Waals surface area (Å²) in [5, 5.41) is 2.85. The molecule has 0 saturated heterocycles. The van der Waals surface area contributed by atoms with E-state index in [4.69, 9.17) is 0 Å². The third-order valence-electron chi connectivity index (χ3n) is 4.62. The molecule has 5 heteroatoms. The fraction of sp³-hybridized carbons (Fsp3) is 0.391. The van der Waals surface area contributed by atoms with Crippen molar-refractivity contribution >= 4 is 11.8 Å². The first-order valence-electron chi connectivity index (χ1n) is 9.69. The third-order valence-corrected chi connectivity index (χ3v) is 4.62. The average molecular weight is 384 g/mol. The summed E-state index contributed by atoms with van der Waals surface area (Å²) in [5.74, 6) is -0.642. The van der Waals surface area contributed by atoms with Crippen molar-refractivity contribution in [2.45, 2.75) is 53.1 Å². The summed E-state index contributed by atoms with van der Waals surface area (Å²) in [6.45, 7) is 8.53.